The van der Waals surface area contributed by atoms with Gasteiger partial charge in [-0.05, 0) is 36.6 Å². The van der Waals surface area contributed by atoms with Gasteiger partial charge in [-0.15, -0.1) is 0 Å². The molecule has 0 saturated carbocycles. The predicted molar refractivity (Wildman–Crippen MR) is 100 cm³/mol. The van der Waals surface area contributed by atoms with Gasteiger partial charge >= 0.3 is 6.03 Å². The Bertz CT molecular complexity index is 838. The summed E-state index contributed by atoms with van der Waals surface area (Å²) in [5, 5.41) is 13.8. The molecule has 0 bridgehead atoms. The summed E-state index contributed by atoms with van der Waals surface area (Å²) in [4.78, 5) is 25.1. The number of rotatable bonds is 5. The molecule has 3 rings (SSSR count). The number of nitrogens with one attached hydrogen (secondary N) is 1. The van der Waals surface area contributed by atoms with Crippen molar-refractivity contribution in [1.82, 2.24) is 4.90 Å². The largest absolute Gasteiger partial charge is 0.497 e. The third-order valence-corrected chi connectivity index (χ3v) is 4.65. The number of nitro benzene ring substituents is 1. The second-order valence-electron chi connectivity index (χ2n) is 6.20. The van der Waals surface area contributed by atoms with E-state index in [1.165, 1.54) is 25.3 Å². The summed E-state index contributed by atoms with van der Waals surface area (Å²) in [5.41, 5.74) is 1.19. The maximum Gasteiger partial charge on any atom is 0.322 e. The molecular weight excluding hydrogens is 350 g/mol. The first-order valence-corrected chi connectivity index (χ1v) is 8.57. The summed E-state index contributed by atoms with van der Waals surface area (Å²) in [5.74, 6) is 1.13. The van der Waals surface area contributed by atoms with E-state index in [2.05, 4.69) is 5.32 Å². The van der Waals surface area contributed by atoms with E-state index in [-0.39, 0.29) is 23.4 Å². The van der Waals surface area contributed by atoms with Crippen LogP contribution in [0.3, 0.4) is 0 Å². The Morgan fingerprint density at radius 3 is 2.56 bits per heavy atom. The molecule has 2 amide bonds. The van der Waals surface area contributed by atoms with E-state index in [9.17, 15) is 14.9 Å². The van der Waals surface area contributed by atoms with Gasteiger partial charge in [0.1, 0.15) is 11.5 Å². The Kier molecular flexibility index (Phi) is 5.44. The molecule has 8 heteroatoms. The highest BCUT2D eigenvalue weighted by molar-refractivity contribution is 5.92. The first kappa shape index (κ1) is 18.5. The van der Waals surface area contributed by atoms with E-state index in [1.807, 2.05) is 24.3 Å². The minimum absolute atomic E-state index is 0.0550. The van der Waals surface area contributed by atoms with Crippen molar-refractivity contribution in [3.63, 3.8) is 0 Å². The molecule has 1 fully saturated rings. The molecule has 1 heterocycles. The van der Waals surface area contributed by atoms with Gasteiger partial charge in [-0.3, -0.25) is 10.1 Å². The molecule has 1 aliphatic rings. The van der Waals surface area contributed by atoms with E-state index in [0.717, 1.165) is 24.2 Å². The number of hydrogen-bond acceptors (Lipinski definition) is 5. The van der Waals surface area contributed by atoms with Crippen LogP contribution in [0.4, 0.5) is 16.2 Å². The van der Waals surface area contributed by atoms with E-state index in [0.29, 0.717) is 12.3 Å². The number of urea groups is 1. The Morgan fingerprint density at radius 1 is 1.19 bits per heavy atom. The monoisotopic (exact) mass is 371 g/mol. The van der Waals surface area contributed by atoms with E-state index in [1.54, 1.807) is 12.0 Å². The van der Waals surface area contributed by atoms with Gasteiger partial charge in [-0.1, -0.05) is 12.1 Å². The quantitative estimate of drug-likeness (QED) is 0.634. The minimum Gasteiger partial charge on any atom is -0.497 e. The van der Waals surface area contributed by atoms with Gasteiger partial charge in [-0.2, -0.15) is 0 Å². The first-order valence-electron chi connectivity index (χ1n) is 8.57. The molecule has 0 radical (unpaired) electrons. The Labute approximate surface area is 156 Å². The summed E-state index contributed by atoms with van der Waals surface area (Å²) < 4.78 is 10.4. The third-order valence-electron chi connectivity index (χ3n) is 4.65. The van der Waals surface area contributed by atoms with Gasteiger partial charge in [-0.25, -0.2) is 4.79 Å². The van der Waals surface area contributed by atoms with Crippen molar-refractivity contribution in [1.29, 1.82) is 0 Å². The molecule has 2 aromatic rings. The number of amides is 2. The highest BCUT2D eigenvalue weighted by atomic mass is 16.6. The lowest BCUT2D eigenvalue weighted by molar-refractivity contribution is -0.384. The smallest absolute Gasteiger partial charge is 0.322 e. The summed E-state index contributed by atoms with van der Waals surface area (Å²) in [6, 6.07) is 11.4. The van der Waals surface area contributed by atoms with E-state index in [4.69, 9.17) is 9.47 Å². The number of anilines is 1. The number of nitro groups is 1. The molecule has 27 heavy (non-hydrogen) atoms. The van der Waals surface area contributed by atoms with Crippen LogP contribution in [0.1, 0.15) is 24.4 Å². The fourth-order valence-electron chi connectivity index (χ4n) is 3.28. The van der Waals surface area contributed by atoms with Crippen molar-refractivity contribution < 1.29 is 19.2 Å². The number of methoxy groups -OCH3 is 2. The van der Waals surface area contributed by atoms with Crippen LogP contribution >= 0.6 is 0 Å². The zero-order valence-corrected chi connectivity index (χ0v) is 15.2. The third kappa shape index (κ3) is 3.94. The molecule has 1 atom stereocenters. The molecule has 2 aromatic carbocycles. The van der Waals surface area contributed by atoms with Gasteiger partial charge in [0.15, 0.2) is 0 Å². The summed E-state index contributed by atoms with van der Waals surface area (Å²) >= 11 is 0. The SMILES string of the molecule is COc1ccc(C2CCCN2C(=O)Nc2cc([N+](=O)[O-])ccc2OC)cc1. The molecule has 0 aliphatic carbocycles. The van der Waals surface area contributed by atoms with Crippen molar-refractivity contribution in [3.05, 3.63) is 58.1 Å². The summed E-state index contributed by atoms with van der Waals surface area (Å²) in [7, 11) is 3.06. The number of carbonyl (C=O) groups excluding carboxylic acids is 1. The fourth-order valence-corrected chi connectivity index (χ4v) is 3.28. The first-order chi connectivity index (χ1) is 13.0. The molecule has 1 saturated heterocycles. The molecule has 1 unspecified atom stereocenters. The predicted octanol–water partition coefficient (Wildman–Crippen LogP) is 3.98. The normalized spacial score (nSPS) is 16.1. The number of non-ortho nitro benzene ring substituents is 1. The van der Waals surface area contributed by atoms with Crippen molar-refractivity contribution >= 4 is 17.4 Å². The lowest BCUT2D eigenvalue weighted by atomic mass is 10.0. The number of nitrogens with zero attached hydrogens (tertiary/aromatic N) is 2. The minimum atomic E-state index is -0.509. The molecule has 0 aromatic heterocycles. The average molecular weight is 371 g/mol. The van der Waals surface area contributed by atoms with E-state index < -0.39 is 4.92 Å². The van der Waals surface area contributed by atoms with Crippen LogP contribution in [-0.2, 0) is 0 Å². The van der Waals surface area contributed by atoms with Crippen LogP contribution in [0.25, 0.3) is 0 Å². The standard InChI is InChI=1S/C19H21N3O5/c1-26-15-8-5-13(6-9-15)17-4-3-11-21(17)19(23)20-16-12-14(22(24)25)7-10-18(16)27-2/h5-10,12,17H,3-4,11H2,1-2H3,(H,20,23). The van der Waals surface area contributed by atoms with Crippen LogP contribution in [0.2, 0.25) is 0 Å². The number of likely N-dealkylation sites (tertiary alicyclic amines) is 1. The Morgan fingerprint density at radius 2 is 1.93 bits per heavy atom. The maximum atomic E-state index is 12.8. The second-order valence-corrected chi connectivity index (χ2v) is 6.20. The van der Waals surface area contributed by atoms with Crippen molar-refractivity contribution in [2.24, 2.45) is 0 Å². The average Bonchev–Trinajstić information content (AvgIpc) is 3.18. The number of carbonyl (C=O) groups is 1. The zero-order valence-electron chi connectivity index (χ0n) is 15.2. The highest BCUT2D eigenvalue weighted by Crippen LogP contribution is 2.35. The van der Waals surface area contributed by atoms with Gasteiger partial charge in [0, 0.05) is 18.7 Å². The van der Waals surface area contributed by atoms with E-state index >= 15 is 0 Å². The van der Waals surface area contributed by atoms with Gasteiger partial charge in [0.25, 0.3) is 5.69 Å². The maximum absolute atomic E-state index is 12.8. The molecule has 8 nitrogen and oxygen atoms in total. The number of ether oxygens (including phenoxy) is 2. The van der Waals surface area contributed by atoms with Crippen LogP contribution < -0.4 is 14.8 Å². The topological polar surface area (TPSA) is 93.9 Å². The van der Waals surface area contributed by atoms with Crippen LogP contribution in [0, 0.1) is 10.1 Å². The van der Waals surface area contributed by atoms with Crippen LogP contribution in [-0.4, -0.2) is 36.6 Å². The lowest BCUT2D eigenvalue weighted by Crippen LogP contribution is -2.34. The number of hydrogen-bond donors (Lipinski definition) is 1. The Balaban J connectivity index is 1.80. The lowest BCUT2D eigenvalue weighted by Gasteiger charge is -2.26. The molecule has 0 spiro atoms. The Hall–Kier alpha value is -3.29. The molecule has 1 N–H and O–H groups in total. The van der Waals surface area contributed by atoms with Crippen molar-refractivity contribution in [3.8, 4) is 11.5 Å². The van der Waals surface area contributed by atoms with Crippen molar-refractivity contribution in [2.45, 2.75) is 18.9 Å². The molecular formula is C19H21N3O5. The zero-order chi connectivity index (χ0) is 19.4. The number of benzene rings is 2. The fraction of sp³-hybridized carbons (Fsp3) is 0.316. The van der Waals surface area contributed by atoms with Crippen molar-refractivity contribution in [2.75, 3.05) is 26.1 Å². The summed E-state index contributed by atoms with van der Waals surface area (Å²) in [6.45, 7) is 0.611. The molecule has 1 aliphatic heterocycles. The highest BCUT2D eigenvalue weighted by Gasteiger charge is 2.30. The van der Waals surface area contributed by atoms with Crippen LogP contribution in [0.15, 0.2) is 42.5 Å². The van der Waals surface area contributed by atoms with Gasteiger partial charge in [0.05, 0.1) is 30.9 Å². The van der Waals surface area contributed by atoms with Gasteiger partial charge in [0.2, 0.25) is 0 Å². The van der Waals surface area contributed by atoms with Crippen LogP contribution in [0.5, 0.6) is 11.5 Å². The molecule has 142 valence electrons. The second kappa shape index (κ2) is 7.94. The van der Waals surface area contributed by atoms with Gasteiger partial charge < -0.3 is 19.7 Å². The summed E-state index contributed by atoms with van der Waals surface area (Å²) in [6.07, 6.45) is 1.74.